The van der Waals surface area contributed by atoms with Crippen molar-refractivity contribution in [2.75, 3.05) is 53.2 Å². The molecule has 0 atom stereocenters. The van der Waals surface area contributed by atoms with Crippen LogP contribution >= 0.6 is 11.6 Å². The van der Waals surface area contributed by atoms with E-state index in [1.807, 2.05) is 23.1 Å². The van der Waals surface area contributed by atoms with E-state index in [9.17, 15) is 10.1 Å². The van der Waals surface area contributed by atoms with Gasteiger partial charge in [0.25, 0.3) is 0 Å². The number of fused-ring (bicyclic) bond motifs is 1. The van der Waals surface area contributed by atoms with Crippen LogP contribution in [0.5, 0.6) is 11.5 Å². The standard InChI is InChI=1S/C25H31ClN4O3/c1-29(9-5-17-11-20(16-27)25(28)21(26)12-17)7-4-8-30-10-6-18-13-22(32-2)23(33-3)14-19(18)15-24(30)31/h11-14H,4-10,15,28H2,1-3H3. The van der Waals surface area contributed by atoms with Crippen molar-refractivity contribution in [3.63, 3.8) is 0 Å². The zero-order chi connectivity index (χ0) is 24.0. The van der Waals surface area contributed by atoms with Crippen molar-refractivity contribution >= 4 is 23.2 Å². The van der Waals surface area contributed by atoms with Gasteiger partial charge in [-0.15, -0.1) is 0 Å². The number of anilines is 1. The number of methoxy groups -OCH3 is 2. The van der Waals surface area contributed by atoms with Crippen LogP contribution < -0.4 is 15.2 Å². The first-order valence-corrected chi connectivity index (χ1v) is 11.4. The summed E-state index contributed by atoms with van der Waals surface area (Å²) < 4.78 is 10.8. The molecule has 0 radical (unpaired) electrons. The average molecular weight is 471 g/mol. The van der Waals surface area contributed by atoms with Gasteiger partial charge in [0.05, 0.1) is 36.9 Å². The van der Waals surface area contributed by atoms with Crippen molar-refractivity contribution in [2.24, 2.45) is 0 Å². The van der Waals surface area contributed by atoms with Gasteiger partial charge < -0.3 is 25.0 Å². The SMILES string of the molecule is COc1cc2c(cc1OC)CC(=O)N(CCCN(C)CCc1cc(Cl)c(N)c(C#N)c1)CC2. The first-order chi connectivity index (χ1) is 15.9. The van der Waals surface area contributed by atoms with Gasteiger partial charge in [0, 0.05) is 19.6 Å². The Labute approximate surface area is 200 Å². The quantitative estimate of drug-likeness (QED) is 0.565. The van der Waals surface area contributed by atoms with Crippen LogP contribution in [0.3, 0.4) is 0 Å². The number of carbonyl (C=O) groups excluding carboxylic acids is 1. The summed E-state index contributed by atoms with van der Waals surface area (Å²) in [6, 6.07) is 9.62. The number of nitrogens with zero attached hydrogens (tertiary/aromatic N) is 3. The maximum Gasteiger partial charge on any atom is 0.227 e. The first kappa shape index (κ1) is 24.7. The lowest BCUT2D eigenvalue weighted by Gasteiger charge is -2.23. The number of amides is 1. The highest BCUT2D eigenvalue weighted by Gasteiger charge is 2.22. The summed E-state index contributed by atoms with van der Waals surface area (Å²) in [6.45, 7) is 3.11. The summed E-state index contributed by atoms with van der Waals surface area (Å²) in [5.74, 6) is 1.50. The van der Waals surface area contributed by atoms with Gasteiger partial charge in [0.1, 0.15) is 6.07 Å². The van der Waals surface area contributed by atoms with Gasteiger partial charge in [-0.05, 0) is 73.8 Å². The minimum absolute atomic E-state index is 0.143. The van der Waals surface area contributed by atoms with Crippen LogP contribution in [-0.4, -0.2) is 63.2 Å². The monoisotopic (exact) mass is 470 g/mol. The minimum atomic E-state index is 0.143. The molecular weight excluding hydrogens is 440 g/mol. The molecule has 0 fully saturated rings. The molecular formula is C25H31ClN4O3. The first-order valence-electron chi connectivity index (χ1n) is 11.0. The molecule has 1 aliphatic heterocycles. The van der Waals surface area contributed by atoms with Crippen LogP contribution in [0.15, 0.2) is 24.3 Å². The average Bonchev–Trinajstić information content (AvgIpc) is 2.96. The van der Waals surface area contributed by atoms with E-state index in [4.69, 9.17) is 26.8 Å². The Bertz CT molecular complexity index is 1050. The number of carbonyl (C=O) groups is 1. The van der Waals surface area contributed by atoms with Crippen molar-refractivity contribution < 1.29 is 14.3 Å². The third kappa shape index (κ3) is 6.10. The Morgan fingerprint density at radius 3 is 2.52 bits per heavy atom. The highest BCUT2D eigenvalue weighted by molar-refractivity contribution is 6.33. The molecule has 0 aliphatic carbocycles. The molecule has 0 spiro atoms. The number of likely N-dealkylation sites (N-methyl/N-ethyl adjacent to an activating group) is 1. The van der Waals surface area contributed by atoms with Gasteiger partial charge in [-0.1, -0.05) is 11.6 Å². The Morgan fingerprint density at radius 2 is 1.85 bits per heavy atom. The summed E-state index contributed by atoms with van der Waals surface area (Å²) in [5, 5.41) is 9.61. The van der Waals surface area contributed by atoms with E-state index in [1.54, 1.807) is 20.3 Å². The van der Waals surface area contributed by atoms with E-state index in [2.05, 4.69) is 18.0 Å². The number of nitrogens with two attached hydrogens (primary N) is 1. The summed E-state index contributed by atoms with van der Waals surface area (Å²) >= 11 is 6.14. The third-order valence-electron chi connectivity index (χ3n) is 6.11. The second-order valence-electron chi connectivity index (χ2n) is 8.34. The van der Waals surface area contributed by atoms with Crippen molar-refractivity contribution in [1.29, 1.82) is 5.26 Å². The van der Waals surface area contributed by atoms with Gasteiger partial charge in [-0.2, -0.15) is 5.26 Å². The van der Waals surface area contributed by atoms with Gasteiger partial charge in [0.2, 0.25) is 5.91 Å². The molecule has 0 aromatic heterocycles. The van der Waals surface area contributed by atoms with Crippen molar-refractivity contribution in [3.05, 3.63) is 51.5 Å². The van der Waals surface area contributed by atoms with Gasteiger partial charge in [-0.25, -0.2) is 0 Å². The molecule has 1 amide bonds. The van der Waals surface area contributed by atoms with Crippen molar-refractivity contribution in [1.82, 2.24) is 9.80 Å². The van der Waals surface area contributed by atoms with Crippen LogP contribution in [-0.2, 0) is 24.1 Å². The molecule has 2 aromatic rings. The number of hydrogen-bond donors (Lipinski definition) is 1. The Balaban J connectivity index is 1.50. The Kier molecular flexibility index (Phi) is 8.43. The Hall–Kier alpha value is -2.95. The Morgan fingerprint density at radius 1 is 1.15 bits per heavy atom. The van der Waals surface area contributed by atoms with Gasteiger partial charge in [-0.3, -0.25) is 4.79 Å². The molecule has 0 bridgehead atoms. The summed E-state index contributed by atoms with van der Waals surface area (Å²) in [6.07, 6.45) is 2.84. The topological polar surface area (TPSA) is 91.8 Å². The van der Waals surface area contributed by atoms with E-state index in [-0.39, 0.29) is 5.91 Å². The second kappa shape index (κ2) is 11.3. The predicted molar refractivity (Wildman–Crippen MR) is 130 cm³/mol. The zero-order valence-electron chi connectivity index (χ0n) is 19.5. The highest BCUT2D eigenvalue weighted by atomic mass is 35.5. The number of ether oxygens (including phenoxy) is 2. The third-order valence-corrected chi connectivity index (χ3v) is 6.42. The van der Waals surface area contributed by atoms with E-state index in [1.165, 1.54) is 0 Å². The number of nitrogen functional groups attached to an aromatic ring is 1. The van der Waals surface area contributed by atoms with E-state index in [0.717, 1.165) is 55.6 Å². The summed E-state index contributed by atoms with van der Waals surface area (Å²) in [5.41, 5.74) is 9.71. The van der Waals surface area contributed by atoms with Crippen LogP contribution in [0.1, 0.15) is 28.7 Å². The molecule has 0 saturated carbocycles. The van der Waals surface area contributed by atoms with E-state index >= 15 is 0 Å². The van der Waals surface area contributed by atoms with Gasteiger partial charge in [0.15, 0.2) is 11.5 Å². The second-order valence-corrected chi connectivity index (χ2v) is 8.75. The lowest BCUT2D eigenvalue weighted by molar-refractivity contribution is -0.130. The number of rotatable bonds is 9. The molecule has 2 N–H and O–H groups in total. The molecule has 0 unspecified atom stereocenters. The maximum absolute atomic E-state index is 12.8. The lowest BCUT2D eigenvalue weighted by atomic mass is 10.0. The van der Waals surface area contributed by atoms with Crippen LogP contribution in [0.2, 0.25) is 5.02 Å². The fourth-order valence-electron chi connectivity index (χ4n) is 4.13. The van der Waals surface area contributed by atoms with Crippen molar-refractivity contribution in [2.45, 2.75) is 25.7 Å². The summed E-state index contributed by atoms with van der Waals surface area (Å²) in [4.78, 5) is 17.0. The van der Waals surface area contributed by atoms with Crippen molar-refractivity contribution in [3.8, 4) is 17.6 Å². The molecule has 7 nitrogen and oxygen atoms in total. The number of benzene rings is 2. The molecule has 33 heavy (non-hydrogen) atoms. The normalized spacial score (nSPS) is 13.5. The largest absolute Gasteiger partial charge is 0.493 e. The molecule has 176 valence electrons. The van der Waals surface area contributed by atoms with E-state index < -0.39 is 0 Å². The predicted octanol–water partition coefficient (Wildman–Crippen LogP) is 3.30. The zero-order valence-corrected chi connectivity index (χ0v) is 20.2. The molecule has 2 aromatic carbocycles. The minimum Gasteiger partial charge on any atom is -0.493 e. The molecule has 1 heterocycles. The lowest BCUT2D eigenvalue weighted by Crippen LogP contribution is -2.35. The van der Waals surface area contributed by atoms with Crippen LogP contribution in [0.4, 0.5) is 5.69 Å². The molecule has 1 aliphatic rings. The fourth-order valence-corrected chi connectivity index (χ4v) is 4.37. The smallest absolute Gasteiger partial charge is 0.227 e. The van der Waals surface area contributed by atoms with Gasteiger partial charge >= 0.3 is 0 Å². The van der Waals surface area contributed by atoms with Crippen LogP contribution in [0, 0.1) is 11.3 Å². The molecule has 8 heteroatoms. The van der Waals surface area contributed by atoms with Crippen LogP contribution in [0.25, 0.3) is 0 Å². The highest BCUT2D eigenvalue weighted by Crippen LogP contribution is 2.32. The molecule has 3 rings (SSSR count). The molecule has 0 saturated heterocycles. The fraction of sp³-hybridized carbons (Fsp3) is 0.440. The maximum atomic E-state index is 12.8. The summed E-state index contributed by atoms with van der Waals surface area (Å²) in [7, 11) is 5.29. The van der Waals surface area contributed by atoms with E-state index in [0.29, 0.717) is 40.7 Å². The number of nitriles is 1. The number of hydrogen-bond acceptors (Lipinski definition) is 6. The number of halogens is 1.